The first-order valence-corrected chi connectivity index (χ1v) is 12.2. The minimum Gasteiger partial charge on any atom is -0.508 e. The zero-order valence-corrected chi connectivity index (χ0v) is 20.0. The summed E-state index contributed by atoms with van der Waals surface area (Å²) in [4.78, 5) is 0. The second-order valence-corrected chi connectivity index (χ2v) is 9.43. The van der Waals surface area contributed by atoms with Crippen molar-refractivity contribution in [1.82, 2.24) is 0 Å². The molecule has 0 radical (unpaired) electrons. The van der Waals surface area contributed by atoms with Gasteiger partial charge in [-0.1, -0.05) is 115 Å². The quantitative estimate of drug-likeness (QED) is 0.256. The highest BCUT2D eigenvalue weighted by molar-refractivity contribution is 5.95. The molecule has 0 aromatic heterocycles. The fraction of sp³-hybridized carbons (Fsp3) is 0.0588. The Morgan fingerprint density at radius 3 is 1.42 bits per heavy atom. The molecule has 0 fully saturated rings. The van der Waals surface area contributed by atoms with Gasteiger partial charge in [0.2, 0.25) is 0 Å². The van der Waals surface area contributed by atoms with Gasteiger partial charge in [-0.25, -0.2) is 0 Å². The Bertz CT molecular complexity index is 1610. The Morgan fingerprint density at radius 2 is 0.889 bits per heavy atom. The van der Waals surface area contributed by atoms with Gasteiger partial charge in [-0.2, -0.15) is 0 Å². The summed E-state index contributed by atoms with van der Waals surface area (Å²) in [6, 6.07) is 42.4. The van der Waals surface area contributed by atoms with Gasteiger partial charge in [0.05, 0.1) is 5.41 Å². The van der Waals surface area contributed by atoms with Crippen molar-refractivity contribution < 1.29 is 10.2 Å². The molecule has 0 amide bonds. The molecular formula is C34H26O2. The average Bonchev–Trinajstić information content (AvgIpc) is 2.93. The molecule has 36 heavy (non-hydrogen) atoms. The van der Waals surface area contributed by atoms with Crippen LogP contribution in [0.3, 0.4) is 0 Å². The lowest BCUT2D eigenvalue weighted by atomic mass is 9.67. The van der Waals surface area contributed by atoms with Crippen LogP contribution in [0.1, 0.15) is 23.6 Å². The van der Waals surface area contributed by atoms with Gasteiger partial charge in [0.15, 0.2) is 0 Å². The van der Waals surface area contributed by atoms with Crippen molar-refractivity contribution in [2.24, 2.45) is 0 Å². The highest BCUT2D eigenvalue weighted by Crippen LogP contribution is 2.50. The van der Waals surface area contributed by atoms with E-state index in [0.717, 1.165) is 49.4 Å². The Labute approximate surface area is 210 Å². The number of phenols is 2. The maximum Gasteiger partial charge on any atom is 0.120 e. The molecular weight excluding hydrogens is 440 g/mol. The molecule has 0 aliphatic carbocycles. The lowest BCUT2D eigenvalue weighted by Crippen LogP contribution is -2.26. The third-order valence-corrected chi connectivity index (χ3v) is 7.38. The largest absolute Gasteiger partial charge is 0.508 e. The van der Waals surface area contributed by atoms with E-state index in [0.29, 0.717) is 0 Å². The first-order chi connectivity index (χ1) is 17.6. The molecule has 6 rings (SSSR count). The van der Waals surface area contributed by atoms with Crippen LogP contribution < -0.4 is 0 Å². The Kier molecular flexibility index (Phi) is 5.23. The van der Waals surface area contributed by atoms with E-state index in [-0.39, 0.29) is 11.5 Å². The number of phenolic OH excluding ortho intramolecular Hbond substituents is 2. The summed E-state index contributed by atoms with van der Waals surface area (Å²) in [7, 11) is 0. The van der Waals surface area contributed by atoms with Gasteiger partial charge >= 0.3 is 0 Å². The maximum atomic E-state index is 11.4. The third-order valence-electron chi connectivity index (χ3n) is 7.38. The van der Waals surface area contributed by atoms with Crippen molar-refractivity contribution in [3.63, 3.8) is 0 Å². The highest BCUT2D eigenvalue weighted by atomic mass is 16.3. The fourth-order valence-corrected chi connectivity index (χ4v) is 5.61. The van der Waals surface area contributed by atoms with E-state index in [9.17, 15) is 10.2 Å². The predicted molar refractivity (Wildman–Crippen MR) is 149 cm³/mol. The number of benzene rings is 6. The van der Waals surface area contributed by atoms with E-state index in [4.69, 9.17) is 0 Å². The van der Waals surface area contributed by atoms with Gasteiger partial charge in [0.25, 0.3) is 0 Å². The SMILES string of the molecule is CC(c1ccc(-c2ccccc2)cc1)(c1c(O)ccc2ccccc12)c1c(O)ccc2ccccc12. The third kappa shape index (κ3) is 3.42. The Morgan fingerprint density at radius 1 is 0.444 bits per heavy atom. The van der Waals surface area contributed by atoms with Crippen LogP contribution in [0.15, 0.2) is 127 Å². The van der Waals surface area contributed by atoms with Gasteiger partial charge in [0.1, 0.15) is 11.5 Å². The normalized spacial score (nSPS) is 11.7. The van der Waals surface area contributed by atoms with Crippen LogP contribution in [-0.2, 0) is 5.41 Å². The molecule has 2 heteroatoms. The van der Waals surface area contributed by atoms with Gasteiger partial charge in [-0.3, -0.25) is 0 Å². The van der Waals surface area contributed by atoms with Crippen molar-refractivity contribution in [1.29, 1.82) is 0 Å². The molecule has 0 aliphatic rings. The average molecular weight is 467 g/mol. The second kappa shape index (κ2) is 8.58. The van der Waals surface area contributed by atoms with Crippen molar-refractivity contribution in [2.45, 2.75) is 12.3 Å². The minimum atomic E-state index is -0.842. The molecule has 6 aromatic rings. The van der Waals surface area contributed by atoms with Crippen LogP contribution in [0, 0.1) is 0 Å². The van der Waals surface area contributed by atoms with Crippen LogP contribution in [0.4, 0.5) is 0 Å². The molecule has 2 nitrogen and oxygen atoms in total. The van der Waals surface area contributed by atoms with Gasteiger partial charge in [-0.05, 0) is 57.3 Å². The van der Waals surface area contributed by atoms with Gasteiger partial charge in [-0.15, -0.1) is 0 Å². The monoisotopic (exact) mass is 466 g/mol. The van der Waals surface area contributed by atoms with Crippen LogP contribution in [-0.4, -0.2) is 10.2 Å². The lowest BCUT2D eigenvalue weighted by molar-refractivity contribution is 0.445. The highest BCUT2D eigenvalue weighted by Gasteiger charge is 2.38. The number of hydrogen-bond acceptors (Lipinski definition) is 2. The minimum absolute atomic E-state index is 0.204. The molecule has 0 saturated carbocycles. The zero-order chi connectivity index (χ0) is 24.7. The lowest BCUT2D eigenvalue weighted by Gasteiger charge is -2.35. The molecule has 2 N–H and O–H groups in total. The first kappa shape index (κ1) is 21.9. The molecule has 0 spiro atoms. The van der Waals surface area contributed by atoms with Crippen molar-refractivity contribution >= 4 is 21.5 Å². The molecule has 0 atom stereocenters. The van der Waals surface area contributed by atoms with Crippen molar-refractivity contribution in [3.8, 4) is 22.6 Å². The number of hydrogen-bond donors (Lipinski definition) is 2. The Balaban J connectivity index is 1.70. The zero-order valence-electron chi connectivity index (χ0n) is 20.0. The van der Waals surface area contributed by atoms with E-state index in [2.05, 4.69) is 55.5 Å². The topological polar surface area (TPSA) is 40.5 Å². The summed E-state index contributed by atoms with van der Waals surface area (Å²) < 4.78 is 0. The summed E-state index contributed by atoms with van der Waals surface area (Å²) in [5.74, 6) is 0.409. The van der Waals surface area contributed by atoms with Crippen LogP contribution in [0.5, 0.6) is 11.5 Å². The second-order valence-electron chi connectivity index (χ2n) is 9.43. The molecule has 0 bridgehead atoms. The first-order valence-electron chi connectivity index (χ1n) is 12.2. The molecule has 174 valence electrons. The molecule has 6 aromatic carbocycles. The molecule has 0 heterocycles. The summed E-state index contributed by atoms with van der Waals surface area (Å²) in [6.45, 7) is 2.10. The maximum absolute atomic E-state index is 11.4. The van der Waals surface area contributed by atoms with Crippen LogP contribution in [0.2, 0.25) is 0 Å². The van der Waals surface area contributed by atoms with Gasteiger partial charge in [0, 0.05) is 11.1 Å². The van der Waals surface area contributed by atoms with E-state index < -0.39 is 5.41 Å². The predicted octanol–water partition coefficient (Wildman–Crippen LogP) is 8.43. The standard InChI is InChI=1S/C34H26O2/c1-34(32-28-13-7-5-11-25(28)17-21-30(32)35,33-29-14-8-6-12-26(29)18-22-31(33)36)27-19-15-24(16-20-27)23-9-3-2-4-10-23/h2-22,35-36H,1H3. The molecule has 0 unspecified atom stereocenters. The summed E-state index contributed by atoms with van der Waals surface area (Å²) in [6.07, 6.45) is 0. The van der Waals surface area contributed by atoms with E-state index in [1.54, 1.807) is 12.1 Å². The van der Waals surface area contributed by atoms with E-state index in [1.165, 1.54) is 0 Å². The van der Waals surface area contributed by atoms with Crippen molar-refractivity contribution in [2.75, 3.05) is 0 Å². The molecule has 0 saturated heterocycles. The summed E-state index contributed by atoms with van der Waals surface area (Å²) in [5, 5.41) is 26.8. The number of aromatic hydroxyl groups is 2. The number of fused-ring (bicyclic) bond motifs is 2. The van der Waals surface area contributed by atoms with E-state index in [1.807, 2.05) is 66.7 Å². The van der Waals surface area contributed by atoms with Crippen molar-refractivity contribution in [3.05, 3.63) is 144 Å². The van der Waals surface area contributed by atoms with Crippen LogP contribution in [0.25, 0.3) is 32.7 Å². The summed E-state index contributed by atoms with van der Waals surface area (Å²) >= 11 is 0. The van der Waals surface area contributed by atoms with Crippen LogP contribution >= 0.6 is 0 Å². The fourth-order valence-electron chi connectivity index (χ4n) is 5.61. The van der Waals surface area contributed by atoms with Gasteiger partial charge < -0.3 is 10.2 Å². The smallest absolute Gasteiger partial charge is 0.120 e. The number of rotatable bonds is 4. The molecule has 0 aliphatic heterocycles. The summed E-state index contributed by atoms with van der Waals surface area (Å²) in [5.41, 5.74) is 3.96. The van der Waals surface area contributed by atoms with E-state index >= 15 is 0 Å². The Hall–Kier alpha value is -4.56.